The van der Waals surface area contributed by atoms with E-state index in [0.717, 1.165) is 16.1 Å². The highest BCUT2D eigenvalue weighted by molar-refractivity contribution is 7.13. The Morgan fingerprint density at radius 1 is 1.33 bits per heavy atom. The Morgan fingerprint density at radius 3 is 3.00 bits per heavy atom. The van der Waals surface area contributed by atoms with Crippen LogP contribution < -0.4 is 4.90 Å². The number of amides is 1. The minimum atomic E-state index is -0.116. The second-order valence-corrected chi connectivity index (χ2v) is 6.46. The minimum Gasteiger partial charge on any atom is -0.315 e. The number of rotatable bonds is 4. The van der Waals surface area contributed by atoms with Crippen LogP contribution in [0.5, 0.6) is 0 Å². The van der Waals surface area contributed by atoms with Gasteiger partial charge in [0.05, 0.1) is 11.3 Å². The number of hydrogen-bond acceptors (Lipinski definition) is 6. The number of aromatic nitrogens is 4. The lowest BCUT2D eigenvalue weighted by atomic mass is 10.1. The van der Waals surface area contributed by atoms with Gasteiger partial charge < -0.3 is 4.90 Å². The summed E-state index contributed by atoms with van der Waals surface area (Å²) in [6.45, 7) is 0.0148. The van der Waals surface area contributed by atoms with E-state index < -0.39 is 0 Å². The number of anilines is 1. The van der Waals surface area contributed by atoms with Gasteiger partial charge in [-0.2, -0.15) is 4.80 Å². The van der Waals surface area contributed by atoms with Gasteiger partial charge in [0.15, 0.2) is 5.78 Å². The number of nitrogens with zero attached hydrogens (tertiary/aromatic N) is 5. The van der Waals surface area contributed by atoms with Crippen LogP contribution in [0.2, 0.25) is 0 Å². The maximum absolute atomic E-state index is 12.4. The molecule has 0 N–H and O–H groups in total. The fraction of sp³-hybridized carbons (Fsp3) is 0.188. The smallest absolute Gasteiger partial charge is 0.231 e. The minimum absolute atomic E-state index is 0.0148. The molecule has 4 rings (SSSR count). The van der Waals surface area contributed by atoms with Gasteiger partial charge in [-0.25, -0.2) is 0 Å². The summed E-state index contributed by atoms with van der Waals surface area (Å²) in [5.41, 5.74) is 2.28. The summed E-state index contributed by atoms with van der Waals surface area (Å²) >= 11 is 1.52. The first-order chi connectivity index (χ1) is 11.6. The van der Waals surface area contributed by atoms with Crippen LogP contribution in [-0.2, 0) is 17.8 Å². The van der Waals surface area contributed by atoms with Gasteiger partial charge in [0.25, 0.3) is 0 Å². The summed E-state index contributed by atoms with van der Waals surface area (Å²) in [7, 11) is 1.74. The zero-order chi connectivity index (χ0) is 16.7. The van der Waals surface area contributed by atoms with Gasteiger partial charge in [0.1, 0.15) is 6.54 Å². The Morgan fingerprint density at radius 2 is 2.21 bits per heavy atom. The molecule has 2 aromatic heterocycles. The Kier molecular flexibility index (Phi) is 3.46. The molecule has 8 heteroatoms. The first-order valence-corrected chi connectivity index (χ1v) is 8.24. The number of fused-ring (bicyclic) bond motifs is 1. The molecule has 3 heterocycles. The molecule has 0 spiro atoms. The number of hydrogen-bond donors (Lipinski definition) is 0. The SMILES string of the molecule is CN1C(=O)Cc2cc(C(=O)Cn3nnc(-c4cccs4)n3)ccc21. The number of Topliss-reactive ketones (excluding diaryl/α,β-unsaturated/α-hetero) is 1. The third-order valence-corrected chi connectivity index (χ3v) is 4.82. The zero-order valence-corrected chi connectivity index (χ0v) is 13.7. The van der Waals surface area contributed by atoms with E-state index >= 15 is 0 Å². The summed E-state index contributed by atoms with van der Waals surface area (Å²) < 4.78 is 0. The zero-order valence-electron chi connectivity index (χ0n) is 12.8. The highest BCUT2D eigenvalue weighted by Gasteiger charge is 2.25. The Balaban J connectivity index is 1.53. The summed E-state index contributed by atoms with van der Waals surface area (Å²) in [6, 6.07) is 9.12. The van der Waals surface area contributed by atoms with Gasteiger partial charge in [0.2, 0.25) is 11.7 Å². The monoisotopic (exact) mass is 339 g/mol. The van der Waals surface area contributed by atoms with E-state index in [0.29, 0.717) is 17.8 Å². The molecule has 0 atom stereocenters. The van der Waals surface area contributed by atoms with Crippen molar-refractivity contribution in [1.29, 1.82) is 0 Å². The van der Waals surface area contributed by atoms with Crippen molar-refractivity contribution in [2.24, 2.45) is 0 Å². The molecule has 0 radical (unpaired) electrons. The average molecular weight is 339 g/mol. The molecule has 3 aromatic rings. The highest BCUT2D eigenvalue weighted by Crippen LogP contribution is 2.28. The van der Waals surface area contributed by atoms with Crippen LogP contribution in [0.25, 0.3) is 10.7 Å². The molecular formula is C16H13N5O2S. The maximum Gasteiger partial charge on any atom is 0.231 e. The van der Waals surface area contributed by atoms with Crippen LogP contribution in [0.4, 0.5) is 5.69 Å². The van der Waals surface area contributed by atoms with Crippen LogP contribution in [-0.4, -0.2) is 38.9 Å². The van der Waals surface area contributed by atoms with Gasteiger partial charge >= 0.3 is 0 Å². The summed E-state index contributed by atoms with van der Waals surface area (Å²) in [6.07, 6.45) is 0.330. The summed E-state index contributed by atoms with van der Waals surface area (Å²) in [4.78, 5) is 28.0. The van der Waals surface area contributed by atoms with E-state index in [2.05, 4.69) is 15.4 Å². The van der Waals surface area contributed by atoms with Crippen molar-refractivity contribution in [1.82, 2.24) is 20.2 Å². The van der Waals surface area contributed by atoms with Crippen LogP contribution in [0, 0.1) is 0 Å². The molecule has 0 aliphatic carbocycles. The Bertz CT molecular complexity index is 932. The fourth-order valence-electron chi connectivity index (χ4n) is 2.68. The first kappa shape index (κ1) is 14.7. The van der Waals surface area contributed by atoms with Crippen LogP contribution >= 0.6 is 11.3 Å². The van der Waals surface area contributed by atoms with Gasteiger partial charge in [-0.05, 0) is 40.4 Å². The molecule has 120 valence electrons. The van der Waals surface area contributed by atoms with Crippen molar-refractivity contribution in [3.8, 4) is 10.7 Å². The highest BCUT2D eigenvalue weighted by atomic mass is 32.1. The standard InChI is InChI=1S/C16H13N5O2S/c1-20-12-5-4-10(7-11(12)8-15(20)23)13(22)9-21-18-16(17-19-21)14-3-2-6-24-14/h2-7H,8-9H2,1H3. The second kappa shape index (κ2) is 5.64. The molecule has 0 unspecified atom stereocenters. The molecule has 1 aromatic carbocycles. The predicted molar refractivity (Wildman–Crippen MR) is 89.0 cm³/mol. The topological polar surface area (TPSA) is 81.0 Å². The maximum atomic E-state index is 12.4. The van der Waals surface area contributed by atoms with E-state index in [1.165, 1.54) is 16.1 Å². The molecule has 0 saturated carbocycles. The molecule has 0 bridgehead atoms. The van der Waals surface area contributed by atoms with Gasteiger partial charge in [0, 0.05) is 18.3 Å². The lowest BCUT2D eigenvalue weighted by Crippen LogP contribution is -2.20. The van der Waals surface area contributed by atoms with E-state index in [-0.39, 0.29) is 18.2 Å². The lowest BCUT2D eigenvalue weighted by Gasteiger charge is -2.10. The van der Waals surface area contributed by atoms with E-state index in [9.17, 15) is 9.59 Å². The van der Waals surface area contributed by atoms with Gasteiger partial charge in [-0.3, -0.25) is 9.59 Å². The number of likely N-dealkylation sites (N-methyl/N-ethyl adjacent to an activating group) is 1. The normalized spacial score (nSPS) is 13.4. The van der Waals surface area contributed by atoms with Crippen molar-refractivity contribution in [2.75, 3.05) is 11.9 Å². The van der Waals surface area contributed by atoms with Gasteiger partial charge in [-0.15, -0.1) is 21.5 Å². The van der Waals surface area contributed by atoms with E-state index in [1.54, 1.807) is 30.1 Å². The number of ketones is 1. The van der Waals surface area contributed by atoms with Gasteiger partial charge in [-0.1, -0.05) is 6.07 Å². The van der Waals surface area contributed by atoms with Crippen LogP contribution in [0.1, 0.15) is 15.9 Å². The molecule has 1 aliphatic heterocycles. The molecule has 1 amide bonds. The number of thiophene rings is 1. The second-order valence-electron chi connectivity index (χ2n) is 5.52. The molecule has 7 nitrogen and oxygen atoms in total. The third kappa shape index (κ3) is 2.50. The summed E-state index contributed by atoms with van der Waals surface area (Å²) in [5.74, 6) is 0.432. The number of benzene rings is 1. The van der Waals surface area contributed by atoms with Crippen molar-refractivity contribution in [3.05, 3.63) is 46.8 Å². The number of carbonyl (C=O) groups is 2. The van der Waals surface area contributed by atoms with Crippen molar-refractivity contribution in [2.45, 2.75) is 13.0 Å². The van der Waals surface area contributed by atoms with Crippen molar-refractivity contribution >= 4 is 28.7 Å². The fourth-order valence-corrected chi connectivity index (χ4v) is 3.33. The molecule has 24 heavy (non-hydrogen) atoms. The van der Waals surface area contributed by atoms with Crippen molar-refractivity contribution in [3.63, 3.8) is 0 Å². The molecule has 0 saturated heterocycles. The van der Waals surface area contributed by atoms with Crippen molar-refractivity contribution < 1.29 is 9.59 Å². The van der Waals surface area contributed by atoms with E-state index in [4.69, 9.17) is 0 Å². The molecular weight excluding hydrogens is 326 g/mol. The number of tetrazole rings is 1. The third-order valence-electron chi connectivity index (χ3n) is 3.96. The first-order valence-electron chi connectivity index (χ1n) is 7.36. The van der Waals surface area contributed by atoms with Crippen LogP contribution in [0.15, 0.2) is 35.7 Å². The largest absolute Gasteiger partial charge is 0.315 e. The Hall–Kier alpha value is -2.87. The average Bonchev–Trinajstić information content (AvgIpc) is 3.29. The molecule has 0 fully saturated rings. The summed E-state index contributed by atoms with van der Waals surface area (Å²) in [5, 5.41) is 14.1. The van der Waals surface area contributed by atoms with Crippen LogP contribution in [0.3, 0.4) is 0 Å². The van der Waals surface area contributed by atoms with E-state index in [1.807, 2.05) is 17.5 Å². The molecule has 1 aliphatic rings. The quantitative estimate of drug-likeness (QED) is 0.677. The lowest BCUT2D eigenvalue weighted by molar-refractivity contribution is -0.117. The number of carbonyl (C=O) groups excluding carboxylic acids is 2. The predicted octanol–water partition coefficient (Wildman–Crippen LogP) is 1.80. The Labute approximate surface area is 141 Å².